The number of hydrogen-bond acceptors (Lipinski definition) is 4. The van der Waals surface area contributed by atoms with Crippen LogP contribution in [0.2, 0.25) is 0 Å². The number of carbonyl (C=O) groups excluding carboxylic acids is 2. The molecule has 2 amide bonds. The van der Waals surface area contributed by atoms with Crippen LogP contribution in [-0.4, -0.2) is 24.2 Å². The van der Waals surface area contributed by atoms with Crippen molar-refractivity contribution in [3.63, 3.8) is 0 Å². The zero-order valence-electron chi connectivity index (χ0n) is 14.2. The van der Waals surface area contributed by atoms with Crippen molar-refractivity contribution in [2.24, 2.45) is 0 Å². The van der Waals surface area contributed by atoms with Crippen LogP contribution in [0.25, 0.3) is 0 Å². The van der Waals surface area contributed by atoms with E-state index in [1.54, 1.807) is 24.1 Å². The van der Waals surface area contributed by atoms with Crippen LogP contribution in [0.15, 0.2) is 42.5 Å². The number of fused-ring (bicyclic) bond motifs is 2. The highest BCUT2D eigenvalue weighted by Crippen LogP contribution is 2.56. The Morgan fingerprint density at radius 1 is 1.16 bits per heavy atom. The monoisotopic (exact) mass is 354 g/mol. The molecule has 25 heavy (non-hydrogen) atoms. The predicted molar refractivity (Wildman–Crippen MR) is 99.0 cm³/mol. The maximum absolute atomic E-state index is 13.0. The third-order valence-corrected chi connectivity index (χ3v) is 6.14. The van der Waals surface area contributed by atoms with E-state index in [1.165, 1.54) is 11.8 Å². The summed E-state index contributed by atoms with van der Waals surface area (Å²) in [7, 11) is 1.60. The minimum Gasteiger partial charge on any atom is -0.497 e. The standard InChI is InChI=1S/C19H18N2O3S/c1-11-4-9-16-15(10-11)19(18(23)20-16)21(17(22)12(2)25-19)13-5-7-14(24-3)8-6-13/h4-10,12H,1-3H3,(H,20,23)/t12-,19-/m1/s1. The number of methoxy groups -OCH3 is 1. The molecule has 0 unspecified atom stereocenters. The third-order valence-electron chi connectivity index (χ3n) is 4.66. The summed E-state index contributed by atoms with van der Waals surface area (Å²) in [4.78, 5) is 26.5. The smallest absolute Gasteiger partial charge is 0.266 e. The molecule has 1 spiro atoms. The molecule has 6 heteroatoms. The molecule has 2 atom stereocenters. The van der Waals surface area contributed by atoms with E-state index in [1.807, 2.05) is 44.2 Å². The Kier molecular flexibility index (Phi) is 3.54. The van der Waals surface area contributed by atoms with E-state index in [0.29, 0.717) is 11.4 Å². The second kappa shape index (κ2) is 5.52. The van der Waals surface area contributed by atoms with E-state index in [0.717, 1.165) is 16.8 Å². The Hall–Kier alpha value is -2.47. The van der Waals surface area contributed by atoms with Gasteiger partial charge in [-0.05, 0) is 44.2 Å². The van der Waals surface area contributed by atoms with Crippen molar-refractivity contribution in [2.45, 2.75) is 24.0 Å². The lowest BCUT2D eigenvalue weighted by Crippen LogP contribution is -2.47. The fourth-order valence-corrected chi connectivity index (χ4v) is 4.92. The van der Waals surface area contributed by atoms with E-state index in [4.69, 9.17) is 4.74 Å². The van der Waals surface area contributed by atoms with Crippen LogP contribution < -0.4 is 15.0 Å². The number of carbonyl (C=O) groups is 2. The lowest BCUT2D eigenvalue weighted by Gasteiger charge is -2.32. The minimum atomic E-state index is -1.06. The number of thioether (sulfide) groups is 1. The summed E-state index contributed by atoms with van der Waals surface area (Å²) in [6.45, 7) is 3.83. The number of aryl methyl sites for hydroxylation is 1. The maximum Gasteiger partial charge on any atom is 0.266 e. The van der Waals surface area contributed by atoms with Gasteiger partial charge in [-0.15, -0.1) is 11.8 Å². The Labute approximate surface area is 150 Å². The van der Waals surface area contributed by atoms with Crippen molar-refractivity contribution in [2.75, 3.05) is 17.3 Å². The van der Waals surface area contributed by atoms with Crippen molar-refractivity contribution < 1.29 is 14.3 Å². The Balaban J connectivity index is 1.91. The van der Waals surface area contributed by atoms with E-state index in [-0.39, 0.29) is 17.1 Å². The SMILES string of the molecule is COc1ccc(N2C(=O)[C@@H](C)S[C@]23C(=O)Nc2ccc(C)cc23)cc1. The molecule has 0 aromatic heterocycles. The average molecular weight is 354 g/mol. The van der Waals surface area contributed by atoms with Gasteiger partial charge in [0.2, 0.25) is 10.8 Å². The Bertz CT molecular complexity index is 881. The van der Waals surface area contributed by atoms with Crippen molar-refractivity contribution in [3.05, 3.63) is 53.6 Å². The Morgan fingerprint density at radius 3 is 2.56 bits per heavy atom. The van der Waals surface area contributed by atoms with Gasteiger partial charge in [-0.2, -0.15) is 0 Å². The number of nitrogens with zero attached hydrogens (tertiary/aromatic N) is 1. The molecule has 0 radical (unpaired) electrons. The van der Waals surface area contributed by atoms with Crippen LogP contribution in [0.4, 0.5) is 11.4 Å². The number of hydrogen-bond donors (Lipinski definition) is 1. The van der Waals surface area contributed by atoms with Crippen LogP contribution in [0, 0.1) is 6.92 Å². The first-order chi connectivity index (χ1) is 12.0. The highest BCUT2D eigenvalue weighted by molar-refractivity contribution is 8.03. The maximum atomic E-state index is 13.0. The first-order valence-electron chi connectivity index (χ1n) is 8.06. The molecule has 2 aliphatic heterocycles. The molecule has 2 heterocycles. The van der Waals surface area contributed by atoms with Gasteiger partial charge in [0.15, 0.2) is 0 Å². The molecule has 0 bridgehead atoms. The third kappa shape index (κ3) is 2.17. The molecule has 0 saturated carbocycles. The number of nitrogens with one attached hydrogen (secondary N) is 1. The number of ether oxygens (including phenoxy) is 1. The van der Waals surface area contributed by atoms with Gasteiger partial charge in [0.25, 0.3) is 5.91 Å². The zero-order chi connectivity index (χ0) is 17.8. The van der Waals surface area contributed by atoms with Gasteiger partial charge in [-0.25, -0.2) is 0 Å². The van der Waals surface area contributed by atoms with Gasteiger partial charge >= 0.3 is 0 Å². The highest BCUT2D eigenvalue weighted by atomic mass is 32.2. The van der Waals surface area contributed by atoms with Crippen molar-refractivity contribution in [3.8, 4) is 5.75 Å². The summed E-state index contributed by atoms with van der Waals surface area (Å²) in [6, 6.07) is 13.1. The molecule has 5 nitrogen and oxygen atoms in total. The van der Waals surface area contributed by atoms with Crippen LogP contribution in [0.1, 0.15) is 18.1 Å². The fourth-order valence-electron chi connectivity index (χ4n) is 3.45. The zero-order valence-corrected chi connectivity index (χ0v) is 15.0. The van der Waals surface area contributed by atoms with E-state index < -0.39 is 4.87 Å². The van der Waals surface area contributed by atoms with Crippen LogP contribution >= 0.6 is 11.8 Å². The van der Waals surface area contributed by atoms with Gasteiger partial charge in [-0.3, -0.25) is 14.5 Å². The van der Waals surface area contributed by atoms with Crippen molar-refractivity contribution in [1.29, 1.82) is 0 Å². The summed E-state index contributed by atoms with van der Waals surface area (Å²) in [5.41, 5.74) is 3.35. The van der Waals surface area contributed by atoms with Crippen LogP contribution in [0.5, 0.6) is 5.75 Å². The summed E-state index contributed by atoms with van der Waals surface area (Å²) >= 11 is 1.39. The largest absolute Gasteiger partial charge is 0.497 e. The highest BCUT2D eigenvalue weighted by Gasteiger charge is 2.60. The number of benzene rings is 2. The molecule has 2 aliphatic rings. The average Bonchev–Trinajstić information content (AvgIpc) is 3.03. The van der Waals surface area contributed by atoms with Gasteiger partial charge < -0.3 is 10.1 Å². The first kappa shape index (κ1) is 16.0. The summed E-state index contributed by atoms with van der Waals surface area (Å²) in [5.74, 6) is 0.462. The molecule has 1 saturated heterocycles. The molecule has 2 aromatic carbocycles. The molecular weight excluding hydrogens is 336 g/mol. The summed E-state index contributed by atoms with van der Waals surface area (Å²) < 4.78 is 5.20. The summed E-state index contributed by atoms with van der Waals surface area (Å²) in [6.07, 6.45) is 0. The molecule has 0 aliphatic carbocycles. The van der Waals surface area contributed by atoms with Crippen molar-refractivity contribution >= 4 is 35.0 Å². The van der Waals surface area contributed by atoms with Gasteiger partial charge in [0, 0.05) is 16.9 Å². The fraction of sp³-hybridized carbons (Fsp3) is 0.263. The number of anilines is 2. The summed E-state index contributed by atoms with van der Waals surface area (Å²) in [5, 5.41) is 2.64. The van der Waals surface area contributed by atoms with Crippen LogP contribution in [0.3, 0.4) is 0 Å². The number of rotatable bonds is 2. The first-order valence-corrected chi connectivity index (χ1v) is 8.94. The molecule has 4 rings (SSSR count). The van der Waals surface area contributed by atoms with Gasteiger partial charge in [0.05, 0.1) is 12.4 Å². The van der Waals surface area contributed by atoms with E-state index >= 15 is 0 Å². The minimum absolute atomic E-state index is 0.0697. The normalized spacial score (nSPS) is 24.6. The lowest BCUT2D eigenvalue weighted by molar-refractivity contribution is -0.122. The quantitative estimate of drug-likeness (QED) is 0.899. The Morgan fingerprint density at radius 2 is 1.88 bits per heavy atom. The second-order valence-electron chi connectivity index (χ2n) is 6.28. The predicted octanol–water partition coefficient (Wildman–Crippen LogP) is 3.28. The van der Waals surface area contributed by atoms with E-state index in [2.05, 4.69) is 5.32 Å². The van der Waals surface area contributed by atoms with Crippen LogP contribution in [-0.2, 0) is 14.5 Å². The molecule has 128 valence electrons. The van der Waals surface area contributed by atoms with E-state index in [9.17, 15) is 9.59 Å². The van der Waals surface area contributed by atoms with Gasteiger partial charge in [-0.1, -0.05) is 17.7 Å². The van der Waals surface area contributed by atoms with Gasteiger partial charge in [0.1, 0.15) is 5.75 Å². The molecule has 1 N–H and O–H groups in total. The van der Waals surface area contributed by atoms with Crippen molar-refractivity contribution in [1.82, 2.24) is 0 Å². The molecule has 1 fully saturated rings. The number of amides is 2. The molecule has 2 aromatic rings. The second-order valence-corrected chi connectivity index (χ2v) is 7.81. The topological polar surface area (TPSA) is 58.6 Å². The lowest BCUT2D eigenvalue weighted by atomic mass is 10.0. The molecular formula is C19H18N2O3S.